The fraction of sp³-hybridized carbons (Fsp3) is 0.300. The number of ether oxygens (including phenoxy) is 1. The second-order valence-electron chi connectivity index (χ2n) is 6.24. The lowest BCUT2D eigenvalue weighted by atomic mass is 9.77. The summed E-state index contributed by atoms with van der Waals surface area (Å²) in [4.78, 5) is 24.6. The van der Waals surface area contributed by atoms with Gasteiger partial charge in [-0.05, 0) is 36.5 Å². The predicted octanol–water partition coefficient (Wildman–Crippen LogP) is 3.29. The Morgan fingerprint density at radius 1 is 1.04 bits per heavy atom. The first-order valence-electron chi connectivity index (χ1n) is 8.48. The molecule has 0 unspecified atom stereocenters. The fourth-order valence-corrected chi connectivity index (χ4v) is 3.00. The van der Waals surface area contributed by atoms with Crippen LogP contribution in [0.25, 0.3) is 0 Å². The molecule has 3 rings (SSSR count). The molecule has 1 fully saturated rings. The number of hydrogen-bond acceptors (Lipinski definition) is 3. The van der Waals surface area contributed by atoms with Crippen LogP contribution in [-0.4, -0.2) is 18.9 Å². The highest BCUT2D eigenvalue weighted by molar-refractivity contribution is 6.39. The van der Waals surface area contributed by atoms with E-state index in [4.69, 9.17) is 4.74 Å². The van der Waals surface area contributed by atoms with Gasteiger partial charge in [0.15, 0.2) is 0 Å². The zero-order valence-electron chi connectivity index (χ0n) is 14.2. The number of rotatable bonds is 5. The Kier molecular flexibility index (Phi) is 5.33. The largest absolute Gasteiger partial charge is 0.497 e. The van der Waals surface area contributed by atoms with Crippen molar-refractivity contribution < 1.29 is 14.3 Å². The second kappa shape index (κ2) is 7.83. The van der Waals surface area contributed by atoms with E-state index in [1.165, 1.54) is 6.42 Å². The molecule has 0 radical (unpaired) electrons. The molecule has 0 heterocycles. The molecule has 2 aromatic carbocycles. The third kappa shape index (κ3) is 4.18. The van der Waals surface area contributed by atoms with Crippen molar-refractivity contribution >= 4 is 17.5 Å². The van der Waals surface area contributed by atoms with Gasteiger partial charge < -0.3 is 15.4 Å². The summed E-state index contributed by atoms with van der Waals surface area (Å²) in [5, 5.41) is 5.52. The van der Waals surface area contributed by atoms with E-state index >= 15 is 0 Å². The molecular weight excluding hydrogens is 316 g/mol. The lowest BCUT2D eigenvalue weighted by Gasteiger charge is -2.34. The molecule has 2 N–H and O–H groups in total. The minimum Gasteiger partial charge on any atom is -0.497 e. The van der Waals surface area contributed by atoms with Gasteiger partial charge in [0.05, 0.1) is 13.2 Å². The molecule has 130 valence electrons. The summed E-state index contributed by atoms with van der Waals surface area (Å²) in [6.45, 7) is 0. The molecular formula is C20H22N2O3. The average molecular weight is 338 g/mol. The number of benzene rings is 2. The fourth-order valence-electron chi connectivity index (χ4n) is 3.00. The predicted molar refractivity (Wildman–Crippen MR) is 96.3 cm³/mol. The van der Waals surface area contributed by atoms with Crippen LogP contribution in [0.15, 0.2) is 54.6 Å². The maximum absolute atomic E-state index is 12.4. The number of hydrogen-bond donors (Lipinski definition) is 2. The summed E-state index contributed by atoms with van der Waals surface area (Å²) in [5.41, 5.74) is 1.56. The van der Waals surface area contributed by atoms with Crippen LogP contribution in [0.4, 0.5) is 5.69 Å². The first-order valence-corrected chi connectivity index (χ1v) is 8.48. The maximum Gasteiger partial charge on any atom is 0.313 e. The van der Waals surface area contributed by atoms with Crippen molar-refractivity contribution in [3.63, 3.8) is 0 Å². The van der Waals surface area contributed by atoms with Crippen molar-refractivity contribution in [3.8, 4) is 5.75 Å². The highest BCUT2D eigenvalue weighted by Crippen LogP contribution is 2.37. The quantitative estimate of drug-likeness (QED) is 0.822. The lowest BCUT2D eigenvalue weighted by Crippen LogP contribution is -2.41. The Bertz CT molecular complexity index is 742. The van der Waals surface area contributed by atoms with Crippen molar-refractivity contribution in [2.75, 3.05) is 12.4 Å². The molecule has 1 aliphatic rings. The van der Waals surface area contributed by atoms with Crippen LogP contribution in [0, 0.1) is 5.92 Å². The van der Waals surface area contributed by atoms with E-state index in [1.807, 2.05) is 30.3 Å². The highest BCUT2D eigenvalue weighted by Gasteiger charge is 2.31. The van der Waals surface area contributed by atoms with E-state index in [0.29, 0.717) is 17.4 Å². The molecule has 1 atom stereocenters. The highest BCUT2D eigenvalue weighted by atomic mass is 16.5. The van der Waals surface area contributed by atoms with E-state index < -0.39 is 11.8 Å². The Morgan fingerprint density at radius 2 is 1.80 bits per heavy atom. The lowest BCUT2D eigenvalue weighted by molar-refractivity contribution is -0.137. The molecule has 5 nitrogen and oxygen atoms in total. The van der Waals surface area contributed by atoms with Gasteiger partial charge >= 0.3 is 11.8 Å². The number of nitrogens with one attached hydrogen (secondary N) is 2. The van der Waals surface area contributed by atoms with Crippen LogP contribution < -0.4 is 15.4 Å². The summed E-state index contributed by atoms with van der Waals surface area (Å²) in [6, 6.07) is 16.6. The zero-order chi connectivity index (χ0) is 17.6. The van der Waals surface area contributed by atoms with Gasteiger partial charge in [0.25, 0.3) is 0 Å². The Morgan fingerprint density at radius 3 is 2.44 bits per heavy atom. The summed E-state index contributed by atoms with van der Waals surface area (Å²) in [7, 11) is 1.55. The Labute approximate surface area is 147 Å². The molecule has 0 aromatic heterocycles. The molecule has 0 spiro atoms. The van der Waals surface area contributed by atoms with Gasteiger partial charge in [-0.2, -0.15) is 0 Å². The van der Waals surface area contributed by atoms with Crippen LogP contribution in [0.1, 0.15) is 30.9 Å². The van der Waals surface area contributed by atoms with Gasteiger partial charge in [0, 0.05) is 11.8 Å². The van der Waals surface area contributed by atoms with Gasteiger partial charge in [-0.15, -0.1) is 0 Å². The summed E-state index contributed by atoms with van der Waals surface area (Å²) >= 11 is 0. The molecule has 5 heteroatoms. The normalized spacial score (nSPS) is 14.9. The summed E-state index contributed by atoms with van der Waals surface area (Å²) in [5.74, 6) is -0.289. The Hall–Kier alpha value is -2.82. The summed E-state index contributed by atoms with van der Waals surface area (Å²) < 4.78 is 5.12. The minimum absolute atomic E-state index is 0.126. The zero-order valence-corrected chi connectivity index (χ0v) is 14.2. The molecule has 0 aliphatic heterocycles. The number of carbonyl (C=O) groups is 2. The van der Waals surface area contributed by atoms with Crippen molar-refractivity contribution in [2.45, 2.75) is 25.3 Å². The minimum atomic E-state index is -0.673. The molecule has 0 saturated heterocycles. The molecule has 1 saturated carbocycles. The van der Waals surface area contributed by atoms with Crippen molar-refractivity contribution in [2.24, 2.45) is 5.92 Å². The smallest absolute Gasteiger partial charge is 0.313 e. The third-order valence-corrected chi connectivity index (χ3v) is 4.60. The molecule has 1 aliphatic carbocycles. The van der Waals surface area contributed by atoms with Crippen molar-refractivity contribution in [1.82, 2.24) is 5.32 Å². The molecule has 2 aromatic rings. The maximum atomic E-state index is 12.4. The van der Waals surface area contributed by atoms with Gasteiger partial charge in [0.2, 0.25) is 0 Å². The third-order valence-electron chi connectivity index (χ3n) is 4.60. The number of carbonyl (C=O) groups excluding carboxylic acids is 2. The van der Waals surface area contributed by atoms with Crippen molar-refractivity contribution in [1.29, 1.82) is 0 Å². The van der Waals surface area contributed by atoms with E-state index in [1.54, 1.807) is 31.4 Å². The first kappa shape index (κ1) is 17.0. The molecule has 0 bridgehead atoms. The van der Waals surface area contributed by atoms with Gasteiger partial charge in [0.1, 0.15) is 5.75 Å². The number of anilines is 1. The SMILES string of the molecule is COc1cccc(NC(=O)C(=O)N[C@H](c2ccccc2)C2CCC2)c1. The van der Waals surface area contributed by atoms with E-state index in [2.05, 4.69) is 10.6 Å². The second-order valence-corrected chi connectivity index (χ2v) is 6.24. The van der Waals surface area contributed by atoms with Crippen LogP contribution >= 0.6 is 0 Å². The van der Waals surface area contributed by atoms with Crippen LogP contribution in [0.2, 0.25) is 0 Å². The van der Waals surface area contributed by atoms with Crippen molar-refractivity contribution in [3.05, 3.63) is 60.2 Å². The summed E-state index contributed by atoms with van der Waals surface area (Å²) in [6.07, 6.45) is 3.30. The van der Waals surface area contributed by atoms with E-state index in [-0.39, 0.29) is 6.04 Å². The van der Waals surface area contributed by atoms with Crippen LogP contribution in [-0.2, 0) is 9.59 Å². The topological polar surface area (TPSA) is 67.4 Å². The number of amides is 2. The molecule has 25 heavy (non-hydrogen) atoms. The average Bonchev–Trinajstić information content (AvgIpc) is 2.60. The first-order chi connectivity index (χ1) is 12.2. The van der Waals surface area contributed by atoms with E-state index in [0.717, 1.165) is 18.4 Å². The Balaban J connectivity index is 1.67. The van der Waals surface area contributed by atoms with Crippen LogP contribution in [0.5, 0.6) is 5.75 Å². The standard InChI is InChI=1S/C20H22N2O3/c1-25-17-12-6-11-16(13-17)21-19(23)20(24)22-18(15-9-5-10-15)14-7-3-2-4-8-14/h2-4,6-8,11-13,15,18H,5,9-10H2,1H3,(H,21,23)(H,22,24)/t18-/m1/s1. The van der Waals surface area contributed by atoms with Gasteiger partial charge in [-0.3, -0.25) is 9.59 Å². The van der Waals surface area contributed by atoms with Gasteiger partial charge in [-0.25, -0.2) is 0 Å². The molecule has 2 amide bonds. The number of methoxy groups -OCH3 is 1. The van der Waals surface area contributed by atoms with E-state index in [9.17, 15) is 9.59 Å². The van der Waals surface area contributed by atoms with Gasteiger partial charge in [-0.1, -0.05) is 42.8 Å². The van der Waals surface area contributed by atoms with Crippen LogP contribution in [0.3, 0.4) is 0 Å². The monoisotopic (exact) mass is 338 g/mol.